The predicted molar refractivity (Wildman–Crippen MR) is 69.0 cm³/mol. The Labute approximate surface area is 96.8 Å². The van der Waals surface area contributed by atoms with Crippen LogP contribution in [0.1, 0.15) is 79.1 Å². The zero-order valence-electron chi connectivity index (χ0n) is 11.3. The van der Waals surface area contributed by atoms with Crippen molar-refractivity contribution in [3.8, 4) is 0 Å². The first-order valence-electron chi connectivity index (χ1n) is 7.04. The monoisotopic (exact) mass is 210 g/mol. The molecule has 0 radical (unpaired) electrons. The summed E-state index contributed by atoms with van der Waals surface area (Å²) in [6.45, 7) is 9.60. The van der Waals surface area contributed by atoms with Gasteiger partial charge in [-0.2, -0.15) is 0 Å². The lowest BCUT2D eigenvalue weighted by molar-refractivity contribution is 0.145. The third kappa shape index (κ3) is 4.57. The van der Waals surface area contributed by atoms with Crippen LogP contribution in [-0.2, 0) is 0 Å². The maximum absolute atomic E-state index is 2.43. The van der Waals surface area contributed by atoms with Gasteiger partial charge in [-0.3, -0.25) is 0 Å². The van der Waals surface area contributed by atoms with Gasteiger partial charge in [0.05, 0.1) is 0 Å². The topological polar surface area (TPSA) is 0 Å². The highest BCUT2D eigenvalue weighted by atomic mass is 14.3. The molecule has 90 valence electrons. The van der Waals surface area contributed by atoms with Gasteiger partial charge < -0.3 is 0 Å². The van der Waals surface area contributed by atoms with E-state index in [9.17, 15) is 0 Å². The molecular formula is C15H30. The lowest BCUT2D eigenvalue weighted by atomic mass is 9.69. The fourth-order valence-electron chi connectivity index (χ4n) is 2.68. The average molecular weight is 210 g/mol. The molecule has 0 nitrogen and oxygen atoms in total. The quantitative estimate of drug-likeness (QED) is 0.514. The number of rotatable bonds is 6. The molecule has 0 aromatic rings. The largest absolute Gasteiger partial charge is 0.0654 e. The Hall–Kier alpha value is 0. The van der Waals surface area contributed by atoms with E-state index in [4.69, 9.17) is 0 Å². The van der Waals surface area contributed by atoms with Gasteiger partial charge in [0.1, 0.15) is 0 Å². The summed E-state index contributed by atoms with van der Waals surface area (Å²) >= 11 is 0. The predicted octanol–water partition coefficient (Wildman–Crippen LogP) is 5.42. The molecule has 15 heavy (non-hydrogen) atoms. The smallest absolute Gasteiger partial charge is 0.0354 e. The molecule has 1 saturated carbocycles. The van der Waals surface area contributed by atoms with Crippen molar-refractivity contribution < 1.29 is 0 Å². The minimum atomic E-state index is 0.531. The van der Waals surface area contributed by atoms with E-state index in [0.717, 1.165) is 11.8 Å². The van der Waals surface area contributed by atoms with Gasteiger partial charge in [0.2, 0.25) is 0 Å². The molecule has 1 aliphatic carbocycles. The van der Waals surface area contributed by atoms with E-state index in [1.54, 1.807) is 0 Å². The molecule has 0 bridgehead atoms. The van der Waals surface area contributed by atoms with Gasteiger partial charge in [0.15, 0.2) is 0 Å². The Bertz CT molecular complexity index is 159. The highest BCUT2D eigenvalue weighted by Gasteiger charge is 2.29. The van der Waals surface area contributed by atoms with Crippen molar-refractivity contribution in [3.05, 3.63) is 0 Å². The Morgan fingerprint density at radius 2 is 1.80 bits per heavy atom. The van der Waals surface area contributed by atoms with E-state index in [1.807, 2.05) is 0 Å². The molecule has 1 fully saturated rings. The van der Waals surface area contributed by atoms with Gasteiger partial charge >= 0.3 is 0 Å². The SMILES string of the molecule is CCCCCC(CC1CCC1)C(C)(C)C. The summed E-state index contributed by atoms with van der Waals surface area (Å²) in [4.78, 5) is 0. The molecule has 0 aromatic carbocycles. The van der Waals surface area contributed by atoms with E-state index < -0.39 is 0 Å². The molecule has 0 heterocycles. The molecule has 1 rings (SSSR count). The van der Waals surface area contributed by atoms with Crippen LogP contribution in [0.4, 0.5) is 0 Å². The van der Waals surface area contributed by atoms with E-state index in [0.29, 0.717) is 5.41 Å². The molecule has 0 N–H and O–H groups in total. The van der Waals surface area contributed by atoms with Gasteiger partial charge in [0.25, 0.3) is 0 Å². The van der Waals surface area contributed by atoms with Crippen molar-refractivity contribution in [2.45, 2.75) is 79.1 Å². The molecule has 1 unspecified atom stereocenters. The first-order valence-corrected chi connectivity index (χ1v) is 7.04. The first kappa shape index (κ1) is 13.1. The van der Waals surface area contributed by atoms with E-state index in [2.05, 4.69) is 27.7 Å². The molecule has 1 atom stereocenters. The maximum atomic E-state index is 2.43. The second-order valence-electron chi connectivity index (χ2n) is 6.59. The second kappa shape index (κ2) is 5.92. The van der Waals surface area contributed by atoms with Gasteiger partial charge in [-0.05, 0) is 30.1 Å². The number of unbranched alkanes of at least 4 members (excludes halogenated alkanes) is 2. The van der Waals surface area contributed by atoms with Crippen molar-refractivity contribution in [3.63, 3.8) is 0 Å². The zero-order chi connectivity index (χ0) is 11.3. The summed E-state index contributed by atoms with van der Waals surface area (Å²) in [5, 5.41) is 0. The normalized spacial score (nSPS) is 20.0. The van der Waals surface area contributed by atoms with Gasteiger partial charge in [-0.1, -0.05) is 66.2 Å². The second-order valence-corrected chi connectivity index (χ2v) is 6.59. The Morgan fingerprint density at radius 3 is 2.20 bits per heavy atom. The van der Waals surface area contributed by atoms with Crippen molar-refractivity contribution in [1.29, 1.82) is 0 Å². The first-order chi connectivity index (χ1) is 7.04. The van der Waals surface area contributed by atoms with E-state index in [-0.39, 0.29) is 0 Å². The van der Waals surface area contributed by atoms with Crippen LogP contribution in [0, 0.1) is 17.3 Å². The van der Waals surface area contributed by atoms with Crippen LogP contribution in [0.15, 0.2) is 0 Å². The summed E-state index contributed by atoms with van der Waals surface area (Å²) in [5.74, 6) is 2.05. The Kier molecular flexibility index (Phi) is 5.15. The minimum absolute atomic E-state index is 0.531. The molecule has 0 aliphatic heterocycles. The van der Waals surface area contributed by atoms with Crippen LogP contribution in [-0.4, -0.2) is 0 Å². The maximum Gasteiger partial charge on any atom is -0.0354 e. The summed E-state index contributed by atoms with van der Waals surface area (Å²) in [6, 6.07) is 0. The summed E-state index contributed by atoms with van der Waals surface area (Å²) in [5.41, 5.74) is 0.531. The van der Waals surface area contributed by atoms with Gasteiger partial charge in [0, 0.05) is 0 Å². The summed E-state index contributed by atoms with van der Waals surface area (Å²) < 4.78 is 0. The van der Waals surface area contributed by atoms with Crippen molar-refractivity contribution in [2.75, 3.05) is 0 Å². The molecular weight excluding hydrogens is 180 g/mol. The third-order valence-electron chi connectivity index (χ3n) is 4.22. The minimum Gasteiger partial charge on any atom is -0.0654 e. The number of hydrogen-bond donors (Lipinski definition) is 0. The zero-order valence-corrected chi connectivity index (χ0v) is 11.3. The molecule has 1 aliphatic rings. The van der Waals surface area contributed by atoms with Crippen LogP contribution in [0.3, 0.4) is 0 Å². The van der Waals surface area contributed by atoms with E-state index in [1.165, 1.54) is 51.4 Å². The third-order valence-corrected chi connectivity index (χ3v) is 4.22. The molecule has 0 aromatic heterocycles. The van der Waals surface area contributed by atoms with Crippen molar-refractivity contribution in [2.24, 2.45) is 17.3 Å². The molecule has 0 spiro atoms. The average Bonchev–Trinajstić information content (AvgIpc) is 2.05. The van der Waals surface area contributed by atoms with Crippen molar-refractivity contribution in [1.82, 2.24) is 0 Å². The Balaban J connectivity index is 2.31. The summed E-state index contributed by atoms with van der Waals surface area (Å²) in [6.07, 6.45) is 11.7. The van der Waals surface area contributed by atoms with Crippen LogP contribution in [0.2, 0.25) is 0 Å². The fourth-order valence-corrected chi connectivity index (χ4v) is 2.68. The number of hydrogen-bond acceptors (Lipinski definition) is 0. The van der Waals surface area contributed by atoms with Gasteiger partial charge in [-0.15, -0.1) is 0 Å². The summed E-state index contributed by atoms with van der Waals surface area (Å²) in [7, 11) is 0. The van der Waals surface area contributed by atoms with Crippen LogP contribution < -0.4 is 0 Å². The van der Waals surface area contributed by atoms with Crippen LogP contribution in [0.25, 0.3) is 0 Å². The lowest BCUT2D eigenvalue weighted by Crippen LogP contribution is -2.25. The van der Waals surface area contributed by atoms with Crippen molar-refractivity contribution >= 4 is 0 Å². The highest BCUT2D eigenvalue weighted by molar-refractivity contribution is 4.80. The van der Waals surface area contributed by atoms with Gasteiger partial charge in [-0.25, -0.2) is 0 Å². The van der Waals surface area contributed by atoms with E-state index >= 15 is 0 Å². The Morgan fingerprint density at radius 1 is 1.13 bits per heavy atom. The standard InChI is InChI=1S/C15H30/c1-5-6-7-11-14(15(2,3)4)12-13-9-8-10-13/h13-14H,5-12H2,1-4H3. The fraction of sp³-hybridized carbons (Fsp3) is 1.00. The molecule has 0 heteroatoms. The van der Waals surface area contributed by atoms with Crippen LogP contribution >= 0.6 is 0 Å². The molecule has 0 saturated heterocycles. The highest BCUT2D eigenvalue weighted by Crippen LogP contribution is 2.40. The lowest BCUT2D eigenvalue weighted by Gasteiger charge is -2.37. The van der Waals surface area contributed by atoms with Crippen LogP contribution in [0.5, 0.6) is 0 Å². The molecule has 0 amide bonds.